The van der Waals surface area contributed by atoms with Crippen LogP contribution in [0.25, 0.3) is 22.0 Å². The van der Waals surface area contributed by atoms with Gasteiger partial charge in [-0.3, -0.25) is 4.79 Å². The van der Waals surface area contributed by atoms with Crippen LogP contribution in [0, 0.1) is 5.82 Å². The van der Waals surface area contributed by atoms with E-state index in [1.807, 2.05) is 0 Å². The van der Waals surface area contributed by atoms with Crippen molar-refractivity contribution in [2.45, 2.75) is 19.5 Å². The van der Waals surface area contributed by atoms with Crippen LogP contribution in [0.1, 0.15) is 18.9 Å². The first-order valence-corrected chi connectivity index (χ1v) is 10.9. The first-order chi connectivity index (χ1) is 16.2. The molecule has 0 radical (unpaired) electrons. The molecule has 0 saturated carbocycles. The van der Waals surface area contributed by atoms with Crippen LogP contribution in [-0.4, -0.2) is 54.1 Å². The molecule has 2 aromatic carbocycles. The number of hydrogen-bond acceptors (Lipinski definition) is 5. The number of aromatic nitrogens is 2. The molecule has 0 spiro atoms. The Labute approximate surface area is 198 Å². The van der Waals surface area contributed by atoms with Crippen molar-refractivity contribution in [3.63, 3.8) is 0 Å². The first-order valence-electron chi connectivity index (χ1n) is 10.6. The molecule has 1 aromatic heterocycles. The van der Waals surface area contributed by atoms with E-state index in [2.05, 4.69) is 9.97 Å². The number of alkyl halides is 3. The maximum absolute atomic E-state index is 14.7. The first kappa shape index (κ1) is 24.0. The van der Waals surface area contributed by atoms with Gasteiger partial charge in [0.2, 0.25) is 5.91 Å². The molecule has 1 saturated heterocycles. The zero-order valence-electron chi connectivity index (χ0n) is 18.4. The van der Waals surface area contributed by atoms with Crippen molar-refractivity contribution in [2.75, 3.05) is 38.2 Å². The Kier molecular flexibility index (Phi) is 6.53. The molecular formula is C23H21ClF4N4O2. The van der Waals surface area contributed by atoms with Crippen LogP contribution >= 0.6 is 11.6 Å². The average molecular weight is 497 g/mol. The normalized spacial score (nSPS) is 14.6. The summed E-state index contributed by atoms with van der Waals surface area (Å²) in [6.07, 6.45) is -3.35. The predicted octanol–water partition coefficient (Wildman–Crippen LogP) is 5.18. The molecule has 0 atom stereocenters. The third-order valence-electron chi connectivity index (χ3n) is 5.83. The number of ether oxygens (including phenoxy) is 1. The zero-order chi connectivity index (χ0) is 24.6. The Morgan fingerprint density at radius 3 is 2.50 bits per heavy atom. The summed E-state index contributed by atoms with van der Waals surface area (Å²) in [5.74, 6) is -0.690. The highest BCUT2D eigenvalue weighted by Gasteiger charge is 2.39. The van der Waals surface area contributed by atoms with Crippen LogP contribution in [0.15, 0.2) is 30.6 Å². The standard InChI is InChI=1S/C23H21ClF4N4O2/c1-3-17(33)31-7-9-32(10-8-31)22-19-15(29-12-30-22)11-13(21(24)20(19)23(26,27)28)18-14(25)5-4-6-16(18)34-2/h4-6,11-12H,3,7-10H2,1-2H3. The molecule has 2 heterocycles. The van der Waals surface area contributed by atoms with Gasteiger partial charge in [-0.25, -0.2) is 14.4 Å². The molecule has 11 heteroatoms. The number of carbonyl (C=O) groups excluding carboxylic acids is 1. The third kappa shape index (κ3) is 4.22. The molecule has 1 aliphatic heterocycles. The van der Waals surface area contributed by atoms with E-state index in [0.717, 1.165) is 12.4 Å². The van der Waals surface area contributed by atoms with Gasteiger partial charge in [-0.05, 0) is 18.2 Å². The molecule has 1 amide bonds. The molecular weight excluding hydrogens is 476 g/mol. The van der Waals surface area contributed by atoms with Gasteiger partial charge >= 0.3 is 6.18 Å². The minimum atomic E-state index is -4.87. The maximum Gasteiger partial charge on any atom is 0.418 e. The fourth-order valence-corrected chi connectivity index (χ4v) is 4.55. The number of rotatable bonds is 4. The molecule has 180 valence electrons. The number of amides is 1. The summed E-state index contributed by atoms with van der Waals surface area (Å²) in [6.45, 7) is 3.08. The second-order valence-corrected chi connectivity index (χ2v) is 8.12. The Hall–Kier alpha value is -3.14. The second-order valence-electron chi connectivity index (χ2n) is 7.74. The molecule has 1 fully saturated rings. The SMILES string of the molecule is CCC(=O)N1CCN(c2ncnc3cc(-c4c(F)cccc4OC)c(Cl)c(C(F)(F)F)c23)CC1. The lowest BCUT2D eigenvalue weighted by atomic mass is 9.97. The van der Waals surface area contributed by atoms with Crippen molar-refractivity contribution in [3.05, 3.63) is 47.0 Å². The number of fused-ring (bicyclic) bond motifs is 1. The van der Waals surface area contributed by atoms with Crippen LogP contribution < -0.4 is 9.64 Å². The van der Waals surface area contributed by atoms with E-state index in [9.17, 15) is 22.4 Å². The van der Waals surface area contributed by atoms with E-state index in [4.69, 9.17) is 16.3 Å². The van der Waals surface area contributed by atoms with Gasteiger partial charge in [0, 0.05) is 38.2 Å². The van der Waals surface area contributed by atoms with Crippen LogP contribution in [0.5, 0.6) is 5.75 Å². The topological polar surface area (TPSA) is 58.6 Å². The highest BCUT2D eigenvalue weighted by Crippen LogP contribution is 2.48. The van der Waals surface area contributed by atoms with E-state index in [-0.39, 0.29) is 39.5 Å². The Morgan fingerprint density at radius 1 is 1.18 bits per heavy atom. The molecule has 0 bridgehead atoms. The minimum absolute atomic E-state index is 0.0188. The molecule has 6 nitrogen and oxygen atoms in total. The zero-order valence-corrected chi connectivity index (χ0v) is 19.2. The second kappa shape index (κ2) is 9.25. The molecule has 0 N–H and O–H groups in total. The van der Waals surface area contributed by atoms with Crippen molar-refractivity contribution in [2.24, 2.45) is 0 Å². The van der Waals surface area contributed by atoms with Crippen LogP contribution in [0.2, 0.25) is 5.02 Å². The van der Waals surface area contributed by atoms with E-state index < -0.39 is 22.6 Å². The average Bonchev–Trinajstić information content (AvgIpc) is 2.82. The summed E-state index contributed by atoms with van der Waals surface area (Å²) in [4.78, 5) is 23.5. The highest BCUT2D eigenvalue weighted by atomic mass is 35.5. The van der Waals surface area contributed by atoms with Crippen LogP contribution in [-0.2, 0) is 11.0 Å². The fraction of sp³-hybridized carbons (Fsp3) is 0.348. The molecule has 1 aliphatic rings. The highest BCUT2D eigenvalue weighted by molar-refractivity contribution is 6.35. The number of anilines is 1. The van der Waals surface area contributed by atoms with Gasteiger partial charge in [0.15, 0.2) is 0 Å². The van der Waals surface area contributed by atoms with Gasteiger partial charge in [0.1, 0.15) is 23.7 Å². The van der Waals surface area contributed by atoms with Gasteiger partial charge in [0.05, 0.1) is 34.2 Å². The van der Waals surface area contributed by atoms with Gasteiger partial charge in [-0.2, -0.15) is 13.2 Å². The van der Waals surface area contributed by atoms with Gasteiger partial charge in [-0.1, -0.05) is 24.6 Å². The van der Waals surface area contributed by atoms with Crippen molar-refractivity contribution in [1.29, 1.82) is 0 Å². The molecule has 34 heavy (non-hydrogen) atoms. The Morgan fingerprint density at radius 2 is 1.88 bits per heavy atom. The summed E-state index contributed by atoms with van der Waals surface area (Å²) in [5.41, 5.74) is -1.54. The van der Waals surface area contributed by atoms with Crippen LogP contribution in [0.3, 0.4) is 0 Å². The number of piperazine rings is 1. The Balaban J connectivity index is 1.92. The maximum atomic E-state index is 14.7. The fourth-order valence-electron chi connectivity index (χ4n) is 4.20. The largest absolute Gasteiger partial charge is 0.496 e. The number of hydrogen-bond donors (Lipinski definition) is 0. The minimum Gasteiger partial charge on any atom is -0.496 e. The predicted molar refractivity (Wildman–Crippen MR) is 121 cm³/mol. The quantitative estimate of drug-likeness (QED) is 0.466. The summed E-state index contributed by atoms with van der Waals surface area (Å²) in [5, 5.41) is -0.937. The van der Waals surface area contributed by atoms with E-state index >= 15 is 0 Å². The summed E-state index contributed by atoms with van der Waals surface area (Å²) >= 11 is 6.33. The smallest absolute Gasteiger partial charge is 0.418 e. The molecule has 0 unspecified atom stereocenters. The molecule has 4 rings (SSSR count). The van der Waals surface area contributed by atoms with Gasteiger partial charge in [-0.15, -0.1) is 0 Å². The van der Waals surface area contributed by atoms with Crippen molar-refractivity contribution in [1.82, 2.24) is 14.9 Å². The number of nitrogens with zero attached hydrogens (tertiary/aromatic N) is 4. The van der Waals surface area contributed by atoms with Crippen molar-refractivity contribution < 1.29 is 27.1 Å². The van der Waals surface area contributed by atoms with E-state index in [1.54, 1.807) is 16.7 Å². The molecule has 0 aliphatic carbocycles. The monoisotopic (exact) mass is 496 g/mol. The van der Waals surface area contributed by atoms with Crippen LogP contribution in [0.4, 0.5) is 23.4 Å². The van der Waals surface area contributed by atoms with Crippen molar-refractivity contribution >= 4 is 34.2 Å². The third-order valence-corrected chi connectivity index (χ3v) is 6.22. The lowest BCUT2D eigenvalue weighted by Crippen LogP contribution is -2.49. The lowest BCUT2D eigenvalue weighted by molar-refractivity contribution is -0.136. The Bertz CT molecular complexity index is 1240. The number of benzene rings is 2. The van der Waals surface area contributed by atoms with E-state index in [0.29, 0.717) is 32.6 Å². The summed E-state index contributed by atoms with van der Waals surface area (Å²) in [6, 6.07) is 5.26. The number of methoxy groups -OCH3 is 1. The van der Waals surface area contributed by atoms with E-state index in [1.165, 1.54) is 25.3 Å². The van der Waals surface area contributed by atoms with Gasteiger partial charge in [0.25, 0.3) is 0 Å². The lowest BCUT2D eigenvalue weighted by Gasteiger charge is -2.36. The van der Waals surface area contributed by atoms with Crippen molar-refractivity contribution in [3.8, 4) is 16.9 Å². The van der Waals surface area contributed by atoms with Gasteiger partial charge < -0.3 is 14.5 Å². The summed E-state index contributed by atoms with van der Waals surface area (Å²) < 4.78 is 63.1. The summed E-state index contributed by atoms with van der Waals surface area (Å²) in [7, 11) is 1.29. The molecule has 3 aromatic rings. The number of halogens is 5. The number of carbonyl (C=O) groups is 1.